The van der Waals surface area contributed by atoms with Gasteiger partial charge in [-0.2, -0.15) is 0 Å². The smallest absolute Gasteiger partial charge is 0.0761 e. The highest BCUT2D eigenvalue weighted by molar-refractivity contribution is 5.47. The molecule has 3 heteroatoms. The van der Waals surface area contributed by atoms with Crippen LogP contribution in [0.15, 0.2) is 24.3 Å². The molecule has 0 amide bonds. The second-order valence-corrected chi connectivity index (χ2v) is 5.00. The monoisotopic (exact) mass is 250 g/mol. The van der Waals surface area contributed by atoms with Crippen LogP contribution in [-0.2, 0) is 0 Å². The zero-order valence-corrected chi connectivity index (χ0v) is 12.1. The Hall–Kier alpha value is -1.06. The first kappa shape index (κ1) is 15.0. The van der Waals surface area contributed by atoms with Crippen LogP contribution in [0.25, 0.3) is 0 Å². The predicted octanol–water partition coefficient (Wildman–Crippen LogP) is 2.52. The Labute approximate surface area is 111 Å². The van der Waals surface area contributed by atoms with E-state index in [1.165, 1.54) is 12.1 Å². The van der Waals surface area contributed by atoms with E-state index >= 15 is 0 Å². The first-order chi connectivity index (χ1) is 8.54. The maximum Gasteiger partial charge on any atom is 0.0761 e. The van der Waals surface area contributed by atoms with Crippen molar-refractivity contribution < 1.29 is 5.11 Å². The molecule has 3 nitrogen and oxygen atoms in total. The van der Waals surface area contributed by atoms with Gasteiger partial charge in [0.25, 0.3) is 0 Å². The van der Waals surface area contributed by atoms with E-state index in [2.05, 4.69) is 43.0 Å². The van der Waals surface area contributed by atoms with E-state index in [4.69, 9.17) is 0 Å². The quantitative estimate of drug-likeness (QED) is 0.805. The van der Waals surface area contributed by atoms with Gasteiger partial charge in [-0.05, 0) is 58.6 Å². The van der Waals surface area contributed by atoms with E-state index in [9.17, 15) is 5.11 Å². The summed E-state index contributed by atoms with van der Waals surface area (Å²) in [4.78, 5) is 4.58. The predicted molar refractivity (Wildman–Crippen MR) is 78.1 cm³/mol. The van der Waals surface area contributed by atoms with E-state index in [0.717, 1.165) is 25.2 Å². The van der Waals surface area contributed by atoms with Crippen molar-refractivity contribution in [1.82, 2.24) is 4.90 Å². The van der Waals surface area contributed by atoms with Crippen molar-refractivity contribution in [3.8, 4) is 0 Å². The van der Waals surface area contributed by atoms with Crippen LogP contribution in [0.4, 0.5) is 5.69 Å². The number of hydrogen-bond acceptors (Lipinski definition) is 3. The van der Waals surface area contributed by atoms with Gasteiger partial charge in [-0.25, -0.2) is 0 Å². The summed E-state index contributed by atoms with van der Waals surface area (Å²) in [6.45, 7) is 7.17. The molecule has 0 radical (unpaired) electrons. The molecule has 0 spiro atoms. The van der Waals surface area contributed by atoms with Gasteiger partial charge in [0, 0.05) is 18.8 Å². The minimum absolute atomic E-state index is 0.386. The minimum atomic E-state index is -0.386. The summed E-state index contributed by atoms with van der Waals surface area (Å²) in [5.41, 5.74) is 2.21. The third kappa shape index (κ3) is 4.67. The summed E-state index contributed by atoms with van der Waals surface area (Å²) in [6.07, 6.45) is 0.779. The Morgan fingerprint density at radius 2 is 1.72 bits per heavy atom. The van der Waals surface area contributed by atoms with Gasteiger partial charge in [-0.1, -0.05) is 12.1 Å². The van der Waals surface area contributed by atoms with Crippen molar-refractivity contribution in [2.45, 2.75) is 26.4 Å². The zero-order valence-electron chi connectivity index (χ0n) is 12.1. The standard InChI is InChI=1S/C15H26N2O/c1-5-17(12-6-11-16(3)4)15-9-7-14(8-10-15)13(2)18/h7-10,13,18H,5-6,11-12H2,1-4H3. The van der Waals surface area contributed by atoms with Crippen LogP contribution in [-0.4, -0.2) is 43.7 Å². The van der Waals surface area contributed by atoms with Crippen molar-refractivity contribution in [1.29, 1.82) is 0 Å². The van der Waals surface area contributed by atoms with E-state index in [1.807, 2.05) is 12.1 Å². The van der Waals surface area contributed by atoms with Gasteiger partial charge in [0.1, 0.15) is 0 Å². The molecule has 1 aromatic rings. The number of hydrogen-bond donors (Lipinski definition) is 1. The molecule has 0 aromatic heterocycles. The molecule has 0 bridgehead atoms. The molecule has 0 fully saturated rings. The fraction of sp³-hybridized carbons (Fsp3) is 0.600. The number of anilines is 1. The zero-order chi connectivity index (χ0) is 13.5. The lowest BCUT2D eigenvalue weighted by molar-refractivity contribution is 0.199. The Balaban J connectivity index is 2.58. The molecule has 1 unspecified atom stereocenters. The Bertz CT molecular complexity index is 333. The largest absolute Gasteiger partial charge is 0.389 e. The van der Waals surface area contributed by atoms with E-state index < -0.39 is 0 Å². The Morgan fingerprint density at radius 3 is 2.17 bits per heavy atom. The highest BCUT2D eigenvalue weighted by Gasteiger charge is 2.06. The maximum atomic E-state index is 9.49. The van der Waals surface area contributed by atoms with Crippen molar-refractivity contribution in [3.63, 3.8) is 0 Å². The first-order valence-electron chi connectivity index (χ1n) is 6.72. The molecule has 1 atom stereocenters. The van der Waals surface area contributed by atoms with Crippen LogP contribution in [0.3, 0.4) is 0 Å². The van der Waals surface area contributed by atoms with Crippen molar-refractivity contribution in [2.24, 2.45) is 0 Å². The maximum absolute atomic E-state index is 9.49. The van der Waals surface area contributed by atoms with Crippen LogP contribution in [0.5, 0.6) is 0 Å². The molecular formula is C15H26N2O. The molecule has 0 aliphatic rings. The van der Waals surface area contributed by atoms with Crippen molar-refractivity contribution >= 4 is 5.69 Å². The lowest BCUT2D eigenvalue weighted by Crippen LogP contribution is -2.26. The van der Waals surface area contributed by atoms with Gasteiger partial charge >= 0.3 is 0 Å². The van der Waals surface area contributed by atoms with E-state index in [0.29, 0.717) is 0 Å². The van der Waals surface area contributed by atoms with Gasteiger partial charge in [0.15, 0.2) is 0 Å². The SMILES string of the molecule is CCN(CCCN(C)C)c1ccc(C(C)O)cc1. The summed E-state index contributed by atoms with van der Waals surface area (Å²) in [7, 11) is 4.21. The Morgan fingerprint density at radius 1 is 1.11 bits per heavy atom. The normalized spacial score (nSPS) is 12.8. The lowest BCUT2D eigenvalue weighted by Gasteiger charge is -2.24. The number of benzene rings is 1. The van der Waals surface area contributed by atoms with Gasteiger partial charge in [0.05, 0.1) is 6.10 Å². The average Bonchev–Trinajstić information content (AvgIpc) is 2.34. The molecule has 18 heavy (non-hydrogen) atoms. The molecule has 0 saturated heterocycles. The lowest BCUT2D eigenvalue weighted by atomic mass is 10.1. The summed E-state index contributed by atoms with van der Waals surface area (Å²) in [5.74, 6) is 0. The highest BCUT2D eigenvalue weighted by atomic mass is 16.3. The molecule has 102 valence electrons. The van der Waals surface area contributed by atoms with Gasteiger partial charge in [-0.15, -0.1) is 0 Å². The molecule has 1 aromatic carbocycles. The fourth-order valence-corrected chi connectivity index (χ4v) is 2.01. The summed E-state index contributed by atoms with van der Waals surface area (Å²) in [5, 5.41) is 9.49. The summed E-state index contributed by atoms with van der Waals surface area (Å²) < 4.78 is 0. The van der Waals surface area contributed by atoms with Crippen LogP contribution < -0.4 is 4.90 Å². The fourth-order valence-electron chi connectivity index (χ4n) is 2.01. The third-order valence-electron chi connectivity index (χ3n) is 3.16. The second kappa shape index (κ2) is 7.39. The van der Waals surface area contributed by atoms with Gasteiger partial charge in [-0.3, -0.25) is 0 Å². The van der Waals surface area contributed by atoms with Crippen molar-refractivity contribution in [3.05, 3.63) is 29.8 Å². The number of aliphatic hydroxyl groups excluding tert-OH is 1. The van der Waals surface area contributed by atoms with Crippen LogP contribution in [0.2, 0.25) is 0 Å². The highest BCUT2D eigenvalue weighted by Crippen LogP contribution is 2.19. The van der Waals surface area contributed by atoms with Crippen LogP contribution >= 0.6 is 0 Å². The molecule has 1 rings (SSSR count). The number of nitrogens with zero attached hydrogens (tertiary/aromatic N) is 2. The number of rotatable bonds is 7. The summed E-state index contributed by atoms with van der Waals surface area (Å²) in [6, 6.07) is 8.21. The molecule has 0 aliphatic carbocycles. The molecular weight excluding hydrogens is 224 g/mol. The minimum Gasteiger partial charge on any atom is -0.389 e. The number of aliphatic hydroxyl groups is 1. The molecule has 1 N–H and O–H groups in total. The van der Waals surface area contributed by atoms with E-state index in [-0.39, 0.29) is 6.10 Å². The topological polar surface area (TPSA) is 26.7 Å². The van der Waals surface area contributed by atoms with Crippen LogP contribution in [0, 0.1) is 0 Å². The molecule has 0 saturated carbocycles. The molecule has 0 heterocycles. The summed E-state index contributed by atoms with van der Waals surface area (Å²) >= 11 is 0. The molecule has 0 aliphatic heterocycles. The van der Waals surface area contributed by atoms with Gasteiger partial charge in [0.2, 0.25) is 0 Å². The average molecular weight is 250 g/mol. The van der Waals surface area contributed by atoms with E-state index in [1.54, 1.807) is 6.92 Å². The second-order valence-electron chi connectivity index (χ2n) is 5.00. The van der Waals surface area contributed by atoms with Crippen LogP contribution in [0.1, 0.15) is 31.9 Å². The van der Waals surface area contributed by atoms with Crippen molar-refractivity contribution in [2.75, 3.05) is 38.6 Å². The third-order valence-corrected chi connectivity index (χ3v) is 3.16. The Kier molecular flexibility index (Phi) is 6.16. The first-order valence-corrected chi connectivity index (χ1v) is 6.72. The van der Waals surface area contributed by atoms with Gasteiger partial charge < -0.3 is 14.9 Å².